The topological polar surface area (TPSA) is 27.6 Å². The van der Waals surface area contributed by atoms with Crippen molar-refractivity contribution < 1.29 is 4.39 Å². The number of rotatable bonds is 4. The quantitative estimate of drug-likeness (QED) is 0.446. The van der Waals surface area contributed by atoms with Crippen molar-refractivity contribution in [2.45, 2.75) is 18.9 Å². The second-order valence-corrected chi connectivity index (χ2v) is 6.01. The number of hydrogen-bond donors (Lipinski definition) is 1. The maximum Gasteiger partial charge on any atom is 0.193 e. The molecule has 0 radical (unpaired) electrons. The molecule has 1 atom stereocenters. The number of guanidine groups is 1. The Balaban J connectivity index is 0.00000208. The Morgan fingerprint density at radius 3 is 2.75 bits per heavy atom. The molecule has 1 aliphatic carbocycles. The molecule has 0 bridgehead atoms. The van der Waals surface area contributed by atoms with E-state index < -0.39 is 0 Å². The smallest absolute Gasteiger partial charge is 0.193 e. The number of fused-ring (bicyclic) bond motifs is 1. The summed E-state index contributed by atoms with van der Waals surface area (Å²) in [5.41, 5.74) is 3.81. The zero-order valence-electron chi connectivity index (χ0n) is 14.0. The maximum absolute atomic E-state index is 13.3. The normalized spacial score (nSPS) is 15.8. The van der Waals surface area contributed by atoms with Crippen molar-refractivity contribution in [3.8, 4) is 0 Å². The highest BCUT2D eigenvalue weighted by Gasteiger charge is 2.25. The van der Waals surface area contributed by atoms with Crippen LogP contribution in [0, 0.1) is 5.82 Å². The lowest BCUT2D eigenvalue weighted by molar-refractivity contribution is 0.465. The monoisotopic (exact) mass is 439 g/mol. The standard InChI is InChI=1S/C19H22FN3.HI/c1-21-19(23(2)13-14-6-5-8-17(20)10-14)22-12-16-11-15-7-3-4-9-18(15)16;/h3-10,16H,11-13H2,1-2H3,(H,21,22);1H. The fourth-order valence-corrected chi connectivity index (χ4v) is 3.13. The van der Waals surface area contributed by atoms with Gasteiger partial charge in [0.1, 0.15) is 5.82 Å². The molecule has 24 heavy (non-hydrogen) atoms. The van der Waals surface area contributed by atoms with Gasteiger partial charge in [-0.15, -0.1) is 24.0 Å². The van der Waals surface area contributed by atoms with E-state index in [4.69, 9.17) is 0 Å². The molecule has 0 aromatic heterocycles. The van der Waals surface area contributed by atoms with Crippen LogP contribution in [0.15, 0.2) is 53.5 Å². The van der Waals surface area contributed by atoms with E-state index in [1.165, 1.54) is 17.2 Å². The van der Waals surface area contributed by atoms with E-state index in [-0.39, 0.29) is 29.8 Å². The molecule has 0 aliphatic heterocycles. The van der Waals surface area contributed by atoms with Gasteiger partial charge in [0.05, 0.1) is 0 Å². The summed E-state index contributed by atoms with van der Waals surface area (Å²) >= 11 is 0. The number of nitrogens with one attached hydrogen (secondary N) is 1. The average Bonchev–Trinajstić information content (AvgIpc) is 2.52. The van der Waals surface area contributed by atoms with Gasteiger partial charge in [0.15, 0.2) is 5.96 Å². The van der Waals surface area contributed by atoms with Crippen LogP contribution in [-0.4, -0.2) is 31.5 Å². The Morgan fingerprint density at radius 2 is 2.04 bits per heavy atom. The van der Waals surface area contributed by atoms with Crippen LogP contribution in [0.4, 0.5) is 4.39 Å². The number of hydrogen-bond acceptors (Lipinski definition) is 1. The molecule has 2 aromatic rings. The predicted molar refractivity (Wildman–Crippen MR) is 108 cm³/mol. The molecular formula is C19H23FIN3. The van der Waals surface area contributed by atoms with Gasteiger partial charge in [-0.05, 0) is 35.2 Å². The first-order chi connectivity index (χ1) is 11.2. The second-order valence-electron chi connectivity index (χ2n) is 6.01. The lowest BCUT2D eigenvalue weighted by atomic mass is 9.78. The zero-order valence-corrected chi connectivity index (χ0v) is 16.3. The molecule has 1 unspecified atom stereocenters. The first-order valence-electron chi connectivity index (χ1n) is 7.91. The summed E-state index contributed by atoms with van der Waals surface area (Å²) < 4.78 is 13.3. The van der Waals surface area contributed by atoms with Crippen LogP contribution in [0.1, 0.15) is 22.6 Å². The van der Waals surface area contributed by atoms with Crippen molar-refractivity contribution in [2.75, 3.05) is 20.6 Å². The van der Waals surface area contributed by atoms with Gasteiger partial charge in [0, 0.05) is 33.1 Å². The number of halogens is 2. The van der Waals surface area contributed by atoms with Crippen molar-refractivity contribution in [1.29, 1.82) is 0 Å². The lowest BCUT2D eigenvalue weighted by Gasteiger charge is -2.32. The maximum atomic E-state index is 13.3. The van der Waals surface area contributed by atoms with Gasteiger partial charge in [0.2, 0.25) is 0 Å². The first-order valence-corrected chi connectivity index (χ1v) is 7.91. The van der Waals surface area contributed by atoms with Crippen LogP contribution in [-0.2, 0) is 13.0 Å². The number of aliphatic imine (C=N–C) groups is 1. The second kappa shape index (κ2) is 8.46. The highest BCUT2D eigenvalue weighted by Crippen LogP contribution is 2.33. The van der Waals surface area contributed by atoms with Gasteiger partial charge < -0.3 is 10.2 Å². The van der Waals surface area contributed by atoms with E-state index in [1.807, 2.05) is 18.0 Å². The van der Waals surface area contributed by atoms with Gasteiger partial charge in [-0.2, -0.15) is 0 Å². The Hall–Kier alpha value is -1.63. The van der Waals surface area contributed by atoms with Gasteiger partial charge in [0.25, 0.3) is 0 Å². The highest BCUT2D eigenvalue weighted by atomic mass is 127. The van der Waals surface area contributed by atoms with Crippen LogP contribution in [0.5, 0.6) is 0 Å². The van der Waals surface area contributed by atoms with Crippen molar-refractivity contribution in [2.24, 2.45) is 4.99 Å². The van der Waals surface area contributed by atoms with E-state index >= 15 is 0 Å². The molecule has 5 heteroatoms. The van der Waals surface area contributed by atoms with E-state index in [0.29, 0.717) is 12.5 Å². The van der Waals surface area contributed by atoms with Gasteiger partial charge in [-0.1, -0.05) is 36.4 Å². The van der Waals surface area contributed by atoms with Crippen molar-refractivity contribution in [3.05, 3.63) is 71.0 Å². The van der Waals surface area contributed by atoms with Gasteiger partial charge in [-0.25, -0.2) is 4.39 Å². The van der Waals surface area contributed by atoms with E-state index in [9.17, 15) is 4.39 Å². The van der Waals surface area contributed by atoms with Gasteiger partial charge >= 0.3 is 0 Å². The molecule has 1 N–H and O–H groups in total. The fraction of sp³-hybridized carbons (Fsp3) is 0.316. The molecule has 0 amide bonds. The molecule has 0 fully saturated rings. The summed E-state index contributed by atoms with van der Waals surface area (Å²) in [6.07, 6.45) is 1.12. The predicted octanol–water partition coefficient (Wildman–Crippen LogP) is 3.79. The molecule has 3 nitrogen and oxygen atoms in total. The molecule has 3 rings (SSSR count). The summed E-state index contributed by atoms with van der Waals surface area (Å²) in [5, 5.41) is 3.43. The molecule has 128 valence electrons. The minimum atomic E-state index is -0.204. The summed E-state index contributed by atoms with van der Waals surface area (Å²) in [6, 6.07) is 15.3. The first kappa shape index (κ1) is 18.7. The summed E-state index contributed by atoms with van der Waals surface area (Å²) in [6.45, 7) is 1.50. The Labute approximate surface area is 160 Å². The molecule has 2 aromatic carbocycles. The van der Waals surface area contributed by atoms with Crippen molar-refractivity contribution in [1.82, 2.24) is 10.2 Å². The Bertz CT molecular complexity index is 717. The molecule has 0 saturated carbocycles. The van der Waals surface area contributed by atoms with Crippen LogP contribution in [0.25, 0.3) is 0 Å². The summed E-state index contributed by atoms with van der Waals surface area (Å²) in [4.78, 5) is 6.34. The molecule has 0 spiro atoms. The largest absolute Gasteiger partial charge is 0.356 e. The fourth-order valence-electron chi connectivity index (χ4n) is 3.13. The zero-order chi connectivity index (χ0) is 16.2. The van der Waals surface area contributed by atoms with Crippen molar-refractivity contribution >= 4 is 29.9 Å². The molecule has 0 heterocycles. The Morgan fingerprint density at radius 1 is 1.25 bits per heavy atom. The van der Waals surface area contributed by atoms with Crippen LogP contribution >= 0.6 is 24.0 Å². The summed E-state index contributed by atoms with van der Waals surface area (Å²) in [5.74, 6) is 1.18. The van der Waals surface area contributed by atoms with E-state index in [1.54, 1.807) is 19.2 Å². The van der Waals surface area contributed by atoms with Crippen LogP contribution < -0.4 is 5.32 Å². The third-order valence-corrected chi connectivity index (χ3v) is 4.35. The molecule has 0 saturated heterocycles. The third-order valence-electron chi connectivity index (χ3n) is 4.35. The van der Waals surface area contributed by atoms with Crippen molar-refractivity contribution in [3.63, 3.8) is 0 Å². The van der Waals surface area contributed by atoms with E-state index in [2.05, 4.69) is 34.6 Å². The lowest BCUT2D eigenvalue weighted by Crippen LogP contribution is -2.41. The average molecular weight is 439 g/mol. The minimum Gasteiger partial charge on any atom is -0.356 e. The molecular weight excluding hydrogens is 416 g/mol. The number of benzene rings is 2. The Kier molecular flexibility index (Phi) is 6.60. The minimum absolute atomic E-state index is 0. The van der Waals surface area contributed by atoms with Crippen LogP contribution in [0.2, 0.25) is 0 Å². The molecule has 1 aliphatic rings. The van der Waals surface area contributed by atoms with Crippen LogP contribution in [0.3, 0.4) is 0 Å². The number of nitrogens with zero attached hydrogens (tertiary/aromatic N) is 2. The van der Waals surface area contributed by atoms with Gasteiger partial charge in [-0.3, -0.25) is 4.99 Å². The van der Waals surface area contributed by atoms with E-state index in [0.717, 1.165) is 24.5 Å². The SMILES string of the molecule is CN=C(NCC1Cc2ccccc21)N(C)Cc1cccc(F)c1.I. The summed E-state index contributed by atoms with van der Waals surface area (Å²) in [7, 11) is 3.74. The third kappa shape index (κ3) is 4.26. The highest BCUT2D eigenvalue weighted by molar-refractivity contribution is 14.0.